The summed E-state index contributed by atoms with van der Waals surface area (Å²) in [6, 6.07) is 13.5. The second-order valence-corrected chi connectivity index (χ2v) is 10.4. The Morgan fingerprint density at radius 2 is 1.97 bits per heavy atom. The van der Waals surface area contributed by atoms with Crippen molar-refractivity contribution in [2.75, 3.05) is 13.1 Å². The maximum Gasteiger partial charge on any atom is 0.242 e. The van der Waals surface area contributed by atoms with Crippen LogP contribution in [0, 0.1) is 11.3 Å². The van der Waals surface area contributed by atoms with Crippen molar-refractivity contribution in [2.24, 2.45) is 5.73 Å². The Morgan fingerprint density at radius 3 is 2.63 bits per heavy atom. The quantitative estimate of drug-likeness (QED) is 0.489. The van der Waals surface area contributed by atoms with Gasteiger partial charge in [-0.15, -0.1) is 0 Å². The minimum Gasteiger partial charge on any atom is -0.337 e. The van der Waals surface area contributed by atoms with Gasteiger partial charge in [0.25, 0.3) is 0 Å². The van der Waals surface area contributed by atoms with E-state index < -0.39 is 5.54 Å². The molecule has 0 saturated heterocycles. The van der Waals surface area contributed by atoms with Crippen LogP contribution in [-0.2, 0) is 4.79 Å². The first-order valence-corrected chi connectivity index (χ1v) is 12.7. The summed E-state index contributed by atoms with van der Waals surface area (Å²) in [5.41, 5.74) is 10.1. The fourth-order valence-electron chi connectivity index (χ4n) is 5.34. The van der Waals surface area contributed by atoms with Gasteiger partial charge in [-0.3, -0.25) is 9.48 Å². The lowest BCUT2D eigenvalue weighted by molar-refractivity contribution is -0.136. The first-order chi connectivity index (χ1) is 16.8. The molecule has 2 N–H and O–H groups in total. The van der Waals surface area contributed by atoms with Crippen LogP contribution in [0.2, 0.25) is 10.0 Å². The summed E-state index contributed by atoms with van der Waals surface area (Å²) in [4.78, 5) is 14.9. The fourth-order valence-corrected chi connectivity index (χ4v) is 5.90. The highest BCUT2D eigenvalue weighted by Gasteiger charge is 2.40. The predicted octanol–water partition coefficient (Wildman–Crippen LogP) is 5.71. The van der Waals surface area contributed by atoms with Gasteiger partial charge in [0.1, 0.15) is 6.07 Å². The maximum absolute atomic E-state index is 13.0. The summed E-state index contributed by atoms with van der Waals surface area (Å²) in [6.07, 6.45) is 6.47. The van der Waals surface area contributed by atoms with E-state index in [0.717, 1.165) is 54.1 Å². The van der Waals surface area contributed by atoms with E-state index in [9.17, 15) is 10.1 Å². The molecule has 1 atom stereocenters. The highest BCUT2D eigenvalue weighted by molar-refractivity contribution is 6.35. The monoisotopic (exact) mass is 507 g/mol. The molecule has 35 heavy (non-hydrogen) atoms. The molecule has 0 radical (unpaired) electrons. The van der Waals surface area contributed by atoms with Crippen molar-refractivity contribution in [3.63, 3.8) is 0 Å². The van der Waals surface area contributed by atoms with E-state index >= 15 is 0 Å². The zero-order valence-corrected chi connectivity index (χ0v) is 21.1. The van der Waals surface area contributed by atoms with Gasteiger partial charge in [-0.25, -0.2) is 0 Å². The zero-order chi connectivity index (χ0) is 24.7. The van der Waals surface area contributed by atoms with Gasteiger partial charge >= 0.3 is 0 Å². The second-order valence-electron chi connectivity index (χ2n) is 9.57. The Kier molecular flexibility index (Phi) is 6.35. The van der Waals surface area contributed by atoms with Crippen LogP contribution in [0.5, 0.6) is 0 Å². The molecule has 1 aliphatic carbocycles. The summed E-state index contributed by atoms with van der Waals surface area (Å²) in [6.45, 7) is 3.22. The lowest BCUT2D eigenvalue weighted by Gasteiger charge is -2.33. The number of carbonyl (C=O) groups excluding carboxylic acids is 1. The van der Waals surface area contributed by atoms with Gasteiger partial charge in [-0.1, -0.05) is 54.3 Å². The smallest absolute Gasteiger partial charge is 0.242 e. The summed E-state index contributed by atoms with van der Waals surface area (Å²) >= 11 is 12.6. The molecule has 6 nitrogen and oxygen atoms in total. The molecule has 1 fully saturated rings. The number of carbonyl (C=O) groups is 1. The van der Waals surface area contributed by atoms with Gasteiger partial charge < -0.3 is 10.6 Å². The predicted molar refractivity (Wildman–Crippen MR) is 139 cm³/mol. The summed E-state index contributed by atoms with van der Waals surface area (Å²) in [7, 11) is 0. The highest BCUT2D eigenvalue weighted by atomic mass is 35.5. The van der Waals surface area contributed by atoms with E-state index in [4.69, 9.17) is 28.9 Å². The van der Waals surface area contributed by atoms with Crippen molar-refractivity contribution >= 4 is 45.6 Å². The van der Waals surface area contributed by atoms with Crippen molar-refractivity contribution in [1.29, 1.82) is 5.26 Å². The lowest BCUT2D eigenvalue weighted by Crippen LogP contribution is -2.54. The molecule has 180 valence electrons. The van der Waals surface area contributed by atoms with Crippen LogP contribution in [0.4, 0.5) is 0 Å². The average Bonchev–Trinajstić information content (AvgIpc) is 3.47. The van der Waals surface area contributed by atoms with Crippen LogP contribution in [0.3, 0.4) is 0 Å². The van der Waals surface area contributed by atoms with Gasteiger partial charge in [-0.05, 0) is 67.2 Å². The number of nitrogens with two attached hydrogens (primary N) is 1. The number of rotatable bonds is 4. The third kappa shape index (κ3) is 4.33. The Labute approximate surface area is 214 Å². The first-order valence-electron chi connectivity index (χ1n) is 12.0. The van der Waals surface area contributed by atoms with E-state index in [2.05, 4.69) is 23.3 Å². The zero-order valence-electron chi connectivity index (χ0n) is 19.6. The summed E-state index contributed by atoms with van der Waals surface area (Å²) < 4.78 is 1.85. The number of halogens is 2. The highest BCUT2D eigenvalue weighted by Crippen LogP contribution is 2.34. The topological polar surface area (TPSA) is 87.9 Å². The molecule has 5 rings (SSSR count). The van der Waals surface area contributed by atoms with Crippen molar-refractivity contribution < 1.29 is 4.79 Å². The Morgan fingerprint density at radius 1 is 1.20 bits per heavy atom. The van der Waals surface area contributed by atoms with Gasteiger partial charge in [0, 0.05) is 28.5 Å². The number of nitrogens with zero attached hydrogens (tertiary/aromatic N) is 4. The third-order valence-electron chi connectivity index (χ3n) is 7.38. The molecule has 1 saturated carbocycles. The molecule has 8 heteroatoms. The number of aromatic nitrogens is 2. The fraction of sp³-hybridized carbons (Fsp3) is 0.370. The summed E-state index contributed by atoms with van der Waals surface area (Å²) in [5, 5.41) is 16.2. The average molecular weight is 508 g/mol. The molecule has 1 amide bonds. The van der Waals surface area contributed by atoms with E-state index in [0.29, 0.717) is 28.8 Å². The molecule has 2 aliphatic rings. The third-order valence-corrected chi connectivity index (χ3v) is 7.94. The molecule has 1 aliphatic heterocycles. The van der Waals surface area contributed by atoms with Crippen LogP contribution < -0.4 is 5.73 Å². The van der Waals surface area contributed by atoms with Crippen LogP contribution in [-0.4, -0.2) is 39.2 Å². The van der Waals surface area contributed by atoms with Crippen molar-refractivity contribution in [3.05, 3.63) is 69.3 Å². The van der Waals surface area contributed by atoms with Crippen molar-refractivity contribution in [1.82, 2.24) is 14.7 Å². The van der Waals surface area contributed by atoms with Gasteiger partial charge in [0.05, 0.1) is 17.1 Å². The van der Waals surface area contributed by atoms with E-state index in [1.54, 1.807) is 12.1 Å². The Bertz CT molecular complexity index is 1380. The molecule has 2 aromatic carbocycles. The van der Waals surface area contributed by atoms with Gasteiger partial charge in [0.2, 0.25) is 5.91 Å². The Balaban J connectivity index is 1.46. The van der Waals surface area contributed by atoms with Crippen molar-refractivity contribution in [2.45, 2.75) is 50.6 Å². The van der Waals surface area contributed by atoms with Crippen molar-refractivity contribution in [3.8, 4) is 6.07 Å². The summed E-state index contributed by atoms with van der Waals surface area (Å²) in [5.74, 6) is 0.0751. The van der Waals surface area contributed by atoms with Gasteiger partial charge in [0.15, 0.2) is 5.69 Å². The molecule has 1 aromatic heterocycles. The maximum atomic E-state index is 13.0. The van der Waals surface area contributed by atoms with Crippen LogP contribution in [0.15, 0.2) is 42.5 Å². The van der Waals surface area contributed by atoms with E-state index in [1.807, 2.05) is 34.7 Å². The number of fused-ring (bicyclic) bond motifs is 1. The molecular weight excluding hydrogens is 481 g/mol. The minimum atomic E-state index is -0.691. The molecule has 0 unspecified atom stereocenters. The number of amides is 1. The first kappa shape index (κ1) is 23.9. The number of hydrogen-bond acceptors (Lipinski definition) is 4. The van der Waals surface area contributed by atoms with E-state index in [-0.39, 0.29) is 11.9 Å². The molecular formula is C27H27Cl2N5O. The SMILES string of the molecule is C[C@H](c1ccc(Cl)cc1Cl)n1nc(C#N)c2ccc(C3=CCN(C(=O)C4(N)CCCC4)CC3)cc21. The van der Waals surface area contributed by atoms with Crippen LogP contribution in [0.25, 0.3) is 16.5 Å². The Hall–Kier alpha value is -2.85. The van der Waals surface area contributed by atoms with Crippen LogP contribution in [0.1, 0.15) is 61.9 Å². The molecule has 2 heterocycles. The number of benzene rings is 2. The minimum absolute atomic E-state index is 0.0751. The molecule has 0 spiro atoms. The molecule has 0 bridgehead atoms. The lowest BCUT2D eigenvalue weighted by atomic mass is 9.94. The van der Waals surface area contributed by atoms with Gasteiger partial charge in [-0.2, -0.15) is 10.4 Å². The molecule has 3 aromatic rings. The number of hydrogen-bond donors (Lipinski definition) is 1. The normalized spacial score (nSPS) is 18.4. The number of nitriles is 1. The van der Waals surface area contributed by atoms with E-state index in [1.165, 1.54) is 5.57 Å². The second kappa shape index (κ2) is 9.31. The largest absolute Gasteiger partial charge is 0.337 e. The van der Waals surface area contributed by atoms with Crippen LogP contribution >= 0.6 is 23.2 Å². The standard InChI is InChI=1S/C27H27Cl2N5O/c1-17(21-7-5-20(28)15-23(21)29)34-25-14-19(4-6-22(25)24(16-30)32-34)18-8-12-33(13-9-18)26(35)27(31)10-2-3-11-27/h4-8,14-15,17H,2-3,9-13,31H2,1H3/t17-/m1/s1.